The molecule has 1 aliphatic rings. The minimum atomic E-state index is -3.70. The number of nitrogens with one attached hydrogen (secondary N) is 3. The van der Waals surface area contributed by atoms with E-state index in [1.54, 1.807) is 0 Å². The van der Waals surface area contributed by atoms with Crippen LogP contribution >= 0.6 is 22.9 Å². The Morgan fingerprint density at radius 1 is 1.46 bits per heavy atom. The maximum absolute atomic E-state index is 12.5. The number of carbonyl (C=O) groups is 3. The number of amides is 3. The number of nitrogens with zero attached hydrogens (tertiary/aromatic N) is 2. The highest BCUT2D eigenvalue weighted by Crippen LogP contribution is 2.17. The molecular formula is C13H16ClN5O7S2. The first-order valence-corrected chi connectivity index (χ1v) is 10.8. The van der Waals surface area contributed by atoms with Gasteiger partial charge in [0.2, 0.25) is 11.8 Å². The summed E-state index contributed by atoms with van der Waals surface area (Å²) in [5, 5.41) is 12.5. The lowest BCUT2D eigenvalue weighted by Crippen LogP contribution is -2.71. The van der Waals surface area contributed by atoms with Crippen LogP contribution in [0.15, 0.2) is 10.5 Å². The Kier molecular flexibility index (Phi) is 7.29. The van der Waals surface area contributed by atoms with Crippen LogP contribution in [0.4, 0.5) is 5.13 Å². The Balaban J connectivity index is 2.08. The van der Waals surface area contributed by atoms with Gasteiger partial charge in [0.05, 0.1) is 18.9 Å². The summed E-state index contributed by atoms with van der Waals surface area (Å²) in [6.45, 7) is -0.336. The first kappa shape index (κ1) is 22.0. The van der Waals surface area contributed by atoms with Crippen LogP contribution < -0.4 is 16.0 Å². The van der Waals surface area contributed by atoms with E-state index in [0.29, 0.717) is 0 Å². The summed E-state index contributed by atoms with van der Waals surface area (Å²) in [6, 6.07) is -1.76. The topological polar surface area (TPSA) is 165 Å². The second kappa shape index (κ2) is 9.27. The molecule has 0 saturated carbocycles. The Morgan fingerprint density at radius 3 is 2.75 bits per heavy atom. The number of thiazole rings is 1. The van der Waals surface area contributed by atoms with Gasteiger partial charge in [0.25, 0.3) is 16.0 Å². The highest BCUT2D eigenvalue weighted by atomic mass is 35.5. The van der Waals surface area contributed by atoms with Crippen LogP contribution in [0.2, 0.25) is 0 Å². The van der Waals surface area contributed by atoms with Crippen LogP contribution in [0.5, 0.6) is 0 Å². The molecule has 1 aliphatic heterocycles. The molecule has 154 valence electrons. The van der Waals surface area contributed by atoms with Crippen molar-refractivity contribution >= 4 is 61.6 Å². The first-order chi connectivity index (χ1) is 13.1. The molecule has 12 nitrogen and oxygen atoms in total. The largest absolute Gasteiger partial charge is 0.398 e. The predicted octanol–water partition coefficient (Wildman–Crippen LogP) is -1.37. The number of alkyl halides is 1. The summed E-state index contributed by atoms with van der Waals surface area (Å²) in [4.78, 5) is 44.2. The second-order valence-electron chi connectivity index (χ2n) is 5.40. The van der Waals surface area contributed by atoms with Crippen molar-refractivity contribution in [3.05, 3.63) is 11.1 Å². The molecule has 2 rings (SSSR count). The fourth-order valence-corrected chi connectivity index (χ4v) is 3.21. The number of rotatable bonds is 9. The van der Waals surface area contributed by atoms with Gasteiger partial charge in [0.1, 0.15) is 24.7 Å². The summed E-state index contributed by atoms with van der Waals surface area (Å²) in [7, 11) is -2.49. The van der Waals surface area contributed by atoms with Crippen molar-refractivity contribution in [3.8, 4) is 0 Å². The van der Waals surface area contributed by atoms with Crippen LogP contribution in [0.25, 0.3) is 0 Å². The van der Waals surface area contributed by atoms with Crippen LogP contribution in [0.1, 0.15) is 5.69 Å². The summed E-state index contributed by atoms with van der Waals surface area (Å²) in [6.07, 6.45) is 0.868. The molecule has 3 amide bonds. The summed E-state index contributed by atoms with van der Waals surface area (Å²) in [5.74, 6) is -2.04. The number of hydrogen-bond acceptors (Lipinski definition) is 10. The monoisotopic (exact) mass is 453 g/mol. The normalized spacial score (nSPS) is 19.4. The highest BCUT2D eigenvalue weighted by Gasteiger charge is 2.42. The lowest BCUT2D eigenvalue weighted by Gasteiger charge is -2.36. The van der Waals surface area contributed by atoms with Gasteiger partial charge in [0.15, 0.2) is 10.8 Å². The molecule has 28 heavy (non-hydrogen) atoms. The molecule has 1 aromatic heterocycles. The average molecular weight is 454 g/mol. The molecule has 1 saturated heterocycles. The van der Waals surface area contributed by atoms with Gasteiger partial charge in [-0.25, -0.2) is 4.98 Å². The Hall–Kier alpha value is -2.29. The number of β-lactam (4-membered cyclic amide) rings is 1. The van der Waals surface area contributed by atoms with Gasteiger partial charge in [-0.2, -0.15) is 8.42 Å². The third kappa shape index (κ3) is 5.85. The Labute approximate surface area is 168 Å². The minimum absolute atomic E-state index is 0.0953. The number of oxime groups is 1. The summed E-state index contributed by atoms with van der Waals surface area (Å²) < 4.78 is 26.8. The summed E-state index contributed by atoms with van der Waals surface area (Å²) in [5.41, 5.74) is -0.148. The van der Waals surface area contributed by atoms with E-state index in [9.17, 15) is 22.8 Å². The lowest BCUT2D eigenvalue weighted by molar-refractivity contribution is -0.135. The molecule has 0 aromatic carbocycles. The highest BCUT2D eigenvalue weighted by molar-refractivity contribution is 7.85. The molecule has 15 heteroatoms. The number of aromatic nitrogens is 1. The van der Waals surface area contributed by atoms with Crippen LogP contribution in [0, 0.1) is 0 Å². The molecule has 0 bridgehead atoms. The van der Waals surface area contributed by atoms with E-state index in [-0.39, 0.29) is 29.0 Å². The van der Waals surface area contributed by atoms with Crippen molar-refractivity contribution in [2.24, 2.45) is 5.16 Å². The molecule has 1 aromatic rings. The van der Waals surface area contributed by atoms with Gasteiger partial charge in [-0.3, -0.25) is 18.6 Å². The van der Waals surface area contributed by atoms with Crippen molar-refractivity contribution in [1.29, 1.82) is 0 Å². The van der Waals surface area contributed by atoms with E-state index < -0.39 is 39.9 Å². The zero-order valence-corrected chi connectivity index (χ0v) is 17.0. The Morgan fingerprint density at radius 2 is 2.18 bits per heavy atom. The number of hydrogen-bond donors (Lipinski definition) is 3. The van der Waals surface area contributed by atoms with Gasteiger partial charge in [-0.1, -0.05) is 5.16 Å². The smallest absolute Gasteiger partial charge is 0.276 e. The van der Waals surface area contributed by atoms with E-state index >= 15 is 0 Å². The van der Waals surface area contributed by atoms with E-state index in [4.69, 9.17) is 11.6 Å². The first-order valence-electron chi connectivity index (χ1n) is 7.53. The van der Waals surface area contributed by atoms with Gasteiger partial charge >= 0.3 is 0 Å². The molecule has 0 unspecified atom stereocenters. The predicted molar refractivity (Wildman–Crippen MR) is 99.7 cm³/mol. The van der Waals surface area contributed by atoms with E-state index in [0.717, 1.165) is 17.6 Å². The molecule has 2 atom stereocenters. The standard InChI is InChI=1S/C13H16ClN5O7S2/c1-25-19-10(7-5-27-13(16-7)17-8(20)3-14)12(22)18-9-6(15-11(9)21)4-26-28(2,23)24/h5-6,9H,3-4H2,1-2H3,(H,15,21)(H,18,22)(H,16,17,20)/t6-,9+/m1/s1. The fraction of sp³-hybridized carbons (Fsp3) is 0.462. The molecule has 0 radical (unpaired) electrons. The van der Waals surface area contributed by atoms with E-state index in [1.807, 2.05) is 0 Å². The van der Waals surface area contributed by atoms with Gasteiger partial charge in [0, 0.05) is 5.38 Å². The van der Waals surface area contributed by atoms with E-state index in [2.05, 4.69) is 35.1 Å². The SMILES string of the molecule is CON=C(C(=O)N[C@@H]1C(=O)N[C@@H]1COS(C)(=O)=O)c1csc(NC(=O)CCl)n1. The van der Waals surface area contributed by atoms with Crippen molar-refractivity contribution in [1.82, 2.24) is 15.6 Å². The Bertz CT molecular complexity index is 901. The number of halogens is 1. The fourth-order valence-electron chi connectivity index (χ4n) is 2.04. The lowest BCUT2D eigenvalue weighted by atomic mass is 9.99. The van der Waals surface area contributed by atoms with Gasteiger partial charge in [-0.05, 0) is 0 Å². The number of anilines is 1. The third-order valence-corrected chi connectivity index (χ3v) is 4.84. The van der Waals surface area contributed by atoms with Crippen LogP contribution in [-0.2, 0) is 33.5 Å². The molecule has 1 fully saturated rings. The molecule has 3 N–H and O–H groups in total. The molecule has 0 spiro atoms. The van der Waals surface area contributed by atoms with Gasteiger partial charge in [-0.15, -0.1) is 22.9 Å². The zero-order chi connectivity index (χ0) is 20.9. The van der Waals surface area contributed by atoms with Crippen molar-refractivity contribution in [2.45, 2.75) is 12.1 Å². The summed E-state index contributed by atoms with van der Waals surface area (Å²) >= 11 is 6.43. The maximum atomic E-state index is 12.5. The third-order valence-electron chi connectivity index (χ3n) is 3.27. The van der Waals surface area contributed by atoms with E-state index in [1.165, 1.54) is 12.5 Å². The molecule has 2 heterocycles. The second-order valence-corrected chi connectivity index (χ2v) is 8.17. The van der Waals surface area contributed by atoms with Crippen molar-refractivity contribution in [2.75, 3.05) is 31.2 Å². The van der Waals surface area contributed by atoms with Gasteiger partial charge < -0.3 is 20.8 Å². The quantitative estimate of drug-likeness (QED) is 0.135. The number of carbonyl (C=O) groups excluding carboxylic acids is 3. The van der Waals surface area contributed by atoms with Crippen molar-refractivity contribution in [3.63, 3.8) is 0 Å². The molecule has 0 aliphatic carbocycles. The molecular weight excluding hydrogens is 438 g/mol. The van der Waals surface area contributed by atoms with Crippen LogP contribution in [0.3, 0.4) is 0 Å². The average Bonchev–Trinajstić information content (AvgIpc) is 3.07. The zero-order valence-electron chi connectivity index (χ0n) is 14.6. The van der Waals surface area contributed by atoms with Crippen molar-refractivity contribution < 1.29 is 31.8 Å². The maximum Gasteiger partial charge on any atom is 0.276 e. The minimum Gasteiger partial charge on any atom is -0.398 e. The van der Waals surface area contributed by atoms with Crippen LogP contribution in [-0.4, -0.2) is 74.8 Å².